The van der Waals surface area contributed by atoms with Crippen molar-refractivity contribution < 1.29 is 19.1 Å². The zero-order valence-electron chi connectivity index (χ0n) is 23.0. The second kappa shape index (κ2) is 8.99. The molecule has 4 rings (SSSR count). The van der Waals surface area contributed by atoms with Crippen LogP contribution in [0.5, 0.6) is 0 Å². The zero-order valence-corrected chi connectivity index (χ0v) is 23.0. The highest BCUT2D eigenvalue weighted by molar-refractivity contribution is 5.99. The Balaban J connectivity index is 1.67. The Morgan fingerprint density at radius 3 is 2.46 bits per heavy atom. The van der Waals surface area contributed by atoms with Crippen LogP contribution in [0.1, 0.15) is 106 Å². The molecule has 0 bridgehead atoms. The largest absolute Gasteiger partial charge is 0.464 e. The third kappa shape index (κ3) is 3.80. The maximum absolute atomic E-state index is 14.0. The minimum atomic E-state index is -0.219. The van der Waals surface area contributed by atoms with E-state index < -0.39 is 0 Å². The van der Waals surface area contributed by atoms with E-state index >= 15 is 0 Å². The fourth-order valence-corrected chi connectivity index (χ4v) is 9.42. The predicted molar refractivity (Wildman–Crippen MR) is 139 cm³/mol. The molecule has 7 atom stereocenters. The molecule has 0 aromatic rings. The highest BCUT2D eigenvalue weighted by Crippen LogP contribution is 2.72. The first-order valence-electron chi connectivity index (χ1n) is 13.8. The predicted octanol–water partition coefficient (Wildman–Crippen LogP) is 7.02. The molecular weight excluding hydrogens is 436 g/mol. The molecule has 194 valence electrons. The van der Waals surface area contributed by atoms with E-state index in [1.165, 1.54) is 17.6 Å². The number of rotatable bonds is 7. The third-order valence-corrected chi connectivity index (χ3v) is 11.7. The summed E-state index contributed by atoms with van der Waals surface area (Å²) in [6.45, 7) is 16.5. The quantitative estimate of drug-likeness (QED) is 0.289. The first-order chi connectivity index (χ1) is 16.4. The van der Waals surface area contributed by atoms with Gasteiger partial charge in [-0.25, -0.2) is 0 Å². The van der Waals surface area contributed by atoms with Crippen LogP contribution in [0.15, 0.2) is 22.8 Å². The minimum Gasteiger partial charge on any atom is -0.464 e. The highest BCUT2D eigenvalue weighted by atomic mass is 16.5. The van der Waals surface area contributed by atoms with Gasteiger partial charge < -0.3 is 4.74 Å². The molecule has 4 nitrogen and oxygen atoms in total. The summed E-state index contributed by atoms with van der Waals surface area (Å²) < 4.78 is 5.53. The summed E-state index contributed by atoms with van der Waals surface area (Å²) in [4.78, 5) is 36.2. The number of aldehydes is 1. The second-order valence-corrected chi connectivity index (χ2v) is 13.5. The second-order valence-electron chi connectivity index (χ2n) is 13.5. The fraction of sp³-hybridized carbons (Fsp3) is 0.774. The molecule has 2 saturated carbocycles. The number of carbonyl (C=O) groups excluding carboxylic acids is 3. The third-order valence-electron chi connectivity index (χ3n) is 11.7. The van der Waals surface area contributed by atoms with Gasteiger partial charge in [-0.1, -0.05) is 53.2 Å². The van der Waals surface area contributed by atoms with Gasteiger partial charge in [0.05, 0.1) is 0 Å². The zero-order chi connectivity index (χ0) is 25.8. The summed E-state index contributed by atoms with van der Waals surface area (Å²) in [5.74, 6) is 1.72. The van der Waals surface area contributed by atoms with E-state index in [-0.39, 0.29) is 33.7 Å². The van der Waals surface area contributed by atoms with Crippen LogP contribution in [-0.4, -0.2) is 24.6 Å². The molecule has 0 heterocycles. The van der Waals surface area contributed by atoms with Gasteiger partial charge in [-0.2, -0.15) is 0 Å². The molecule has 7 unspecified atom stereocenters. The molecule has 0 aromatic carbocycles. The Hall–Kier alpha value is -1.71. The average Bonchev–Trinajstić information content (AvgIpc) is 3.08. The smallest absolute Gasteiger partial charge is 0.293 e. The van der Waals surface area contributed by atoms with Crippen LogP contribution >= 0.6 is 0 Å². The van der Waals surface area contributed by atoms with Crippen molar-refractivity contribution >= 4 is 18.5 Å². The topological polar surface area (TPSA) is 60.4 Å². The molecule has 0 spiro atoms. The molecule has 0 aliphatic heterocycles. The first kappa shape index (κ1) is 26.4. The van der Waals surface area contributed by atoms with Crippen LogP contribution in [0.25, 0.3) is 0 Å². The fourth-order valence-electron chi connectivity index (χ4n) is 9.42. The van der Waals surface area contributed by atoms with Gasteiger partial charge in [0.25, 0.3) is 6.47 Å². The van der Waals surface area contributed by atoms with E-state index in [1.54, 1.807) is 0 Å². The maximum atomic E-state index is 14.0. The van der Waals surface area contributed by atoms with E-state index in [9.17, 15) is 14.4 Å². The van der Waals surface area contributed by atoms with Gasteiger partial charge in [-0.05, 0) is 92.4 Å². The maximum Gasteiger partial charge on any atom is 0.293 e. The van der Waals surface area contributed by atoms with Gasteiger partial charge >= 0.3 is 0 Å². The lowest BCUT2D eigenvalue weighted by Gasteiger charge is -2.61. The van der Waals surface area contributed by atoms with Crippen LogP contribution in [-0.2, 0) is 19.1 Å². The van der Waals surface area contributed by atoms with Crippen molar-refractivity contribution in [1.29, 1.82) is 0 Å². The summed E-state index contributed by atoms with van der Waals surface area (Å²) in [5, 5.41) is 0. The summed E-state index contributed by atoms with van der Waals surface area (Å²) >= 11 is 0. The molecule has 4 heteroatoms. The number of ketones is 1. The number of fused-ring (bicyclic) bond motifs is 4. The first-order valence-corrected chi connectivity index (χ1v) is 13.8. The van der Waals surface area contributed by atoms with Crippen molar-refractivity contribution in [3.63, 3.8) is 0 Å². The highest BCUT2D eigenvalue weighted by Gasteiger charge is 2.65. The van der Waals surface area contributed by atoms with Crippen LogP contribution in [0.2, 0.25) is 0 Å². The number of ether oxygens (including phenoxy) is 1. The molecule has 35 heavy (non-hydrogen) atoms. The number of Topliss-reactive ketones (excluding diaryl/α,β-unsaturated/α-hetero) is 1. The number of allylic oxidation sites excluding steroid dienone is 4. The normalized spacial score (nSPS) is 41.5. The average molecular weight is 483 g/mol. The number of hydrogen-bond acceptors (Lipinski definition) is 4. The molecular formula is C31H46O4. The lowest BCUT2D eigenvalue weighted by atomic mass is 9.43. The Bertz CT molecular complexity index is 957. The van der Waals surface area contributed by atoms with Gasteiger partial charge in [0.2, 0.25) is 0 Å². The molecule has 0 saturated heterocycles. The van der Waals surface area contributed by atoms with Gasteiger partial charge in [-0.15, -0.1) is 0 Å². The van der Waals surface area contributed by atoms with Crippen LogP contribution in [0.3, 0.4) is 0 Å². The van der Waals surface area contributed by atoms with Crippen LogP contribution < -0.4 is 0 Å². The van der Waals surface area contributed by atoms with Crippen LogP contribution in [0, 0.1) is 39.4 Å². The van der Waals surface area contributed by atoms with Crippen LogP contribution in [0.4, 0.5) is 0 Å². The van der Waals surface area contributed by atoms with E-state index in [0.717, 1.165) is 56.8 Å². The molecule has 0 N–H and O–H groups in total. The van der Waals surface area contributed by atoms with Crippen molar-refractivity contribution in [3.8, 4) is 0 Å². The van der Waals surface area contributed by atoms with Gasteiger partial charge in [0.15, 0.2) is 5.78 Å². The standard InChI is InChI=1S/C31H46O4/c1-20(18-32)9-8-10-21(2)22-11-16-31(7)27-23(12-15-30(22,31)6)29(5)14-13-26(35-19-33)28(3,4)25(29)17-24(27)34/h9,18-19,21-22,25-26H,8,10-17H2,1-7H3. The Labute approximate surface area is 212 Å². The van der Waals surface area contributed by atoms with Gasteiger partial charge in [-0.3, -0.25) is 14.4 Å². The Morgan fingerprint density at radius 2 is 1.80 bits per heavy atom. The monoisotopic (exact) mass is 482 g/mol. The van der Waals surface area contributed by atoms with E-state index in [1.807, 2.05) is 6.92 Å². The lowest BCUT2D eigenvalue weighted by molar-refractivity contribution is -0.157. The van der Waals surface area contributed by atoms with Gasteiger partial charge in [0, 0.05) is 22.8 Å². The molecule has 2 fully saturated rings. The van der Waals surface area contributed by atoms with E-state index in [0.29, 0.717) is 30.5 Å². The molecule has 4 aliphatic rings. The summed E-state index contributed by atoms with van der Waals surface area (Å²) in [6, 6.07) is 0. The lowest BCUT2D eigenvalue weighted by Crippen LogP contribution is -2.57. The van der Waals surface area contributed by atoms with Crippen molar-refractivity contribution in [2.24, 2.45) is 39.4 Å². The summed E-state index contributed by atoms with van der Waals surface area (Å²) in [6.07, 6.45) is 11.8. The van der Waals surface area contributed by atoms with E-state index in [2.05, 4.69) is 47.6 Å². The number of carbonyl (C=O) groups is 3. The SMILES string of the molecule is CC(C=O)=CCCC(C)C1CCC2(C)C3=C(CCC12C)C1(C)CCC(OC=O)C(C)(C)C1CC3=O. The van der Waals surface area contributed by atoms with Gasteiger partial charge in [0.1, 0.15) is 12.4 Å². The van der Waals surface area contributed by atoms with Crippen molar-refractivity contribution in [3.05, 3.63) is 22.8 Å². The number of hydrogen-bond donors (Lipinski definition) is 0. The summed E-state index contributed by atoms with van der Waals surface area (Å²) in [5.41, 5.74) is 3.28. The summed E-state index contributed by atoms with van der Waals surface area (Å²) in [7, 11) is 0. The molecule has 0 aromatic heterocycles. The van der Waals surface area contributed by atoms with Crippen molar-refractivity contribution in [1.82, 2.24) is 0 Å². The molecule has 0 amide bonds. The molecule has 4 aliphatic carbocycles. The van der Waals surface area contributed by atoms with Crippen molar-refractivity contribution in [2.75, 3.05) is 0 Å². The van der Waals surface area contributed by atoms with Crippen molar-refractivity contribution in [2.45, 2.75) is 112 Å². The Kier molecular flexibility index (Phi) is 6.77. The minimum absolute atomic E-state index is 0.000677. The van der Waals surface area contributed by atoms with E-state index in [4.69, 9.17) is 4.74 Å². The molecule has 0 radical (unpaired) electrons. The Morgan fingerprint density at radius 1 is 1.09 bits per heavy atom.